The summed E-state index contributed by atoms with van der Waals surface area (Å²) in [6.07, 6.45) is 3.47. The first-order valence-electron chi connectivity index (χ1n) is 4.19. The highest BCUT2D eigenvalue weighted by Crippen LogP contribution is 2.05. The molecule has 0 atom stereocenters. The van der Waals surface area contributed by atoms with Crippen molar-refractivity contribution in [2.75, 3.05) is 5.32 Å². The Bertz CT molecular complexity index is 399. The molecule has 14 heavy (non-hydrogen) atoms. The third-order valence-corrected chi connectivity index (χ3v) is 1.74. The number of nitrogens with zero attached hydrogens (tertiary/aromatic N) is 2. The molecule has 2 N–H and O–H groups in total. The number of rotatable bonds is 3. The minimum atomic E-state index is -0.484. The first kappa shape index (κ1) is 8.68. The molecule has 0 amide bonds. The van der Waals surface area contributed by atoms with Crippen LogP contribution < -0.4 is 5.32 Å². The summed E-state index contributed by atoms with van der Waals surface area (Å²) in [5.74, 6) is 0.0355. The highest BCUT2D eigenvalue weighted by atomic mass is 19.1. The van der Waals surface area contributed by atoms with Crippen molar-refractivity contribution in [2.24, 2.45) is 0 Å². The summed E-state index contributed by atoms with van der Waals surface area (Å²) in [5, 5.41) is 9.46. The average molecular weight is 192 g/mol. The second-order valence-electron chi connectivity index (χ2n) is 2.81. The molecule has 5 heteroatoms. The first-order valence-corrected chi connectivity index (χ1v) is 4.19. The fraction of sp³-hybridized carbons (Fsp3) is 0.111. The van der Waals surface area contributed by atoms with E-state index in [4.69, 9.17) is 0 Å². The van der Waals surface area contributed by atoms with Crippen LogP contribution in [-0.2, 0) is 6.54 Å². The normalized spacial score (nSPS) is 10.1. The fourth-order valence-corrected chi connectivity index (χ4v) is 1.07. The molecule has 2 heterocycles. The predicted molar refractivity (Wildman–Crippen MR) is 50.1 cm³/mol. The Kier molecular flexibility index (Phi) is 2.40. The molecule has 0 fully saturated rings. The number of H-pyrrole nitrogens is 1. The van der Waals surface area contributed by atoms with Gasteiger partial charge in [-0.25, -0.2) is 4.98 Å². The van der Waals surface area contributed by atoms with Crippen LogP contribution in [0.2, 0.25) is 0 Å². The number of aromatic amines is 1. The zero-order valence-corrected chi connectivity index (χ0v) is 7.37. The molecular weight excluding hydrogens is 183 g/mol. The minimum absolute atomic E-state index is 0.484. The molecule has 0 saturated heterocycles. The number of halogens is 1. The zero-order valence-electron chi connectivity index (χ0n) is 7.37. The molecule has 0 spiro atoms. The third kappa shape index (κ3) is 2.07. The SMILES string of the molecule is Fc1cccc(NCc2cn[nH]c2)n1. The highest BCUT2D eigenvalue weighted by Gasteiger charge is 1.96. The van der Waals surface area contributed by atoms with Crippen LogP contribution in [0.25, 0.3) is 0 Å². The van der Waals surface area contributed by atoms with E-state index in [0.29, 0.717) is 12.4 Å². The van der Waals surface area contributed by atoms with Crippen molar-refractivity contribution in [2.45, 2.75) is 6.54 Å². The summed E-state index contributed by atoms with van der Waals surface area (Å²) in [6.45, 7) is 0.576. The molecule has 2 aromatic rings. The molecule has 0 radical (unpaired) electrons. The van der Waals surface area contributed by atoms with Crippen LogP contribution >= 0.6 is 0 Å². The molecule has 2 aromatic heterocycles. The van der Waals surface area contributed by atoms with E-state index in [0.717, 1.165) is 5.56 Å². The van der Waals surface area contributed by atoms with E-state index in [1.54, 1.807) is 24.5 Å². The maximum absolute atomic E-state index is 12.7. The van der Waals surface area contributed by atoms with E-state index in [1.807, 2.05) is 0 Å². The van der Waals surface area contributed by atoms with Gasteiger partial charge in [-0.2, -0.15) is 9.49 Å². The van der Waals surface area contributed by atoms with E-state index in [2.05, 4.69) is 20.5 Å². The van der Waals surface area contributed by atoms with Crippen LogP contribution in [-0.4, -0.2) is 15.2 Å². The van der Waals surface area contributed by atoms with Gasteiger partial charge in [0.15, 0.2) is 0 Å². The fourth-order valence-electron chi connectivity index (χ4n) is 1.07. The quantitative estimate of drug-likeness (QED) is 0.725. The molecule has 0 saturated carbocycles. The Morgan fingerprint density at radius 1 is 1.43 bits per heavy atom. The molecule has 0 unspecified atom stereocenters. The largest absolute Gasteiger partial charge is 0.366 e. The second-order valence-corrected chi connectivity index (χ2v) is 2.81. The Labute approximate surface area is 80.2 Å². The van der Waals surface area contributed by atoms with Crippen LogP contribution in [0.1, 0.15) is 5.56 Å². The smallest absolute Gasteiger partial charge is 0.214 e. The van der Waals surface area contributed by atoms with Gasteiger partial charge in [-0.3, -0.25) is 5.10 Å². The second kappa shape index (κ2) is 3.87. The Morgan fingerprint density at radius 3 is 3.07 bits per heavy atom. The Balaban J connectivity index is 1.98. The maximum Gasteiger partial charge on any atom is 0.214 e. The third-order valence-electron chi connectivity index (χ3n) is 1.74. The molecule has 4 nitrogen and oxygen atoms in total. The van der Waals surface area contributed by atoms with Gasteiger partial charge in [0.1, 0.15) is 5.82 Å². The van der Waals surface area contributed by atoms with E-state index >= 15 is 0 Å². The number of aromatic nitrogens is 3. The molecular formula is C9H9FN4. The zero-order chi connectivity index (χ0) is 9.80. The summed E-state index contributed by atoms with van der Waals surface area (Å²) in [4.78, 5) is 3.66. The van der Waals surface area contributed by atoms with Crippen molar-refractivity contribution < 1.29 is 4.39 Å². The van der Waals surface area contributed by atoms with Crippen molar-refractivity contribution in [1.82, 2.24) is 15.2 Å². The summed E-state index contributed by atoms with van der Waals surface area (Å²) < 4.78 is 12.7. The monoisotopic (exact) mass is 192 g/mol. The lowest BCUT2D eigenvalue weighted by Crippen LogP contribution is -2.00. The molecule has 72 valence electrons. The van der Waals surface area contributed by atoms with Gasteiger partial charge in [0.25, 0.3) is 0 Å². The van der Waals surface area contributed by atoms with Gasteiger partial charge in [-0.1, -0.05) is 6.07 Å². The molecule has 0 aliphatic heterocycles. The maximum atomic E-state index is 12.7. The minimum Gasteiger partial charge on any atom is -0.366 e. The van der Waals surface area contributed by atoms with E-state index in [-0.39, 0.29) is 0 Å². The highest BCUT2D eigenvalue weighted by molar-refractivity contribution is 5.34. The summed E-state index contributed by atoms with van der Waals surface area (Å²) in [7, 11) is 0. The van der Waals surface area contributed by atoms with Crippen molar-refractivity contribution in [1.29, 1.82) is 0 Å². The van der Waals surface area contributed by atoms with Gasteiger partial charge in [-0.15, -0.1) is 0 Å². The van der Waals surface area contributed by atoms with Crippen molar-refractivity contribution >= 4 is 5.82 Å². The molecule has 0 aromatic carbocycles. The summed E-state index contributed by atoms with van der Waals surface area (Å²) >= 11 is 0. The lowest BCUT2D eigenvalue weighted by Gasteiger charge is -2.02. The van der Waals surface area contributed by atoms with Crippen LogP contribution in [0, 0.1) is 5.95 Å². The van der Waals surface area contributed by atoms with Gasteiger partial charge in [-0.05, 0) is 12.1 Å². The van der Waals surface area contributed by atoms with Crippen molar-refractivity contribution in [3.05, 3.63) is 42.1 Å². The van der Waals surface area contributed by atoms with Crippen LogP contribution in [0.3, 0.4) is 0 Å². The summed E-state index contributed by atoms with van der Waals surface area (Å²) in [5.41, 5.74) is 0.996. The van der Waals surface area contributed by atoms with E-state index in [1.165, 1.54) is 6.07 Å². The topological polar surface area (TPSA) is 53.6 Å². The van der Waals surface area contributed by atoms with E-state index < -0.39 is 5.95 Å². The molecule has 2 rings (SSSR count). The number of hydrogen-bond donors (Lipinski definition) is 2. The first-order chi connectivity index (χ1) is 6.84. The Morgan fingerprint density at radius 2 is 2.36 bits per heavy atom. The van der Waals surface area contributed by atoms with Crippen LogP contribution in [0.4, 0.5) is 10.2 Å². The average Bonchev–Trinajstić information content (AvgIpc) is 2.67. The molecule has 0 aliphatic rings. The van der Waals surface area contributed by atoms with Crippen molar-refractivity contribution in [3.8, 4) is 0 Å². The predicted octanol–water partition coefficient (Wildman–Crippen LogP) is 1.56. The lowest BCUT2D eigenvalue weighted by atomic mass is 10.3. The number of anilines is 1. The van der Waals surface area contributed by atoms with Crippen LogP contribution in [0.5, 0.6) is 0 Å². The number of nitrogens with one attached hydrogen (secondary N) is 2. The van der Waals surface area contributed by atoms with Gasteiger partial charge in [0, 0.05) is 18.3 Å². The molecule has 0 aliphatic carbocycles. The van der Waals surface area contributed by atoms with E-state index in [9.17, 15) is 4.39 Å². The van der Waals surface area contributed by atoms with Gasteiger partial charge < -0.3 is 5.32 Å². The van der Waals surface area contributed by atoms with Gasteiger partial charge in [0.2, 0.25) is 5.95 Å². The number of hydrogen-bond acceptors (Lipinski definition) is 3. The Hall–Kier alpha value is -1.91. The number of pyridine rings is 1. The summed E-state index contributed by atoms with van der Waals surface area (Å²) in [6, 6.07) is 4.63. The lowest BCUT2D eigenvalue weighted by molar-refractivity contribution is 0.585. The standard InChI is InChI=1S/C9H9FN4/c10-8-2-1-3-9(14-8)11-4-7-5-12-13-6-7/h1-3,5-6H,4H2,(H,11,14)(H,12,13). The van der Waals surface area contributed by atoms with Crippen LogP contribution in [0.15, 0.2) is 30.6 Å². The van der Waals surface area contributed by atoms with Crippen molar-refractivity contribution in [3.63, 3.8) is 0 Å². The molecule has 0 bridgehead atoms. The van der Waals surface area contributed by atoms with Gasteiger partial charge in [0.05, 0.1) is 6.20 Å². The van der Waals surface area contributed by atoms with Gasteiger partial charge >= 0.3 is 0 Å².